The van der Waals surface area contributed by atoms with Crippen LogP contribution in [0.4, 0.5) is 0 Å². The van der Waals surface area contributed by atoms with E-state index in [1.807, 2.05) is 18.2 Å². The summed E-state index contributed by atoms with van der Waals surface area (Å²) in [5.74, 6) is 0.310. The Bertz CT molecular complexity index is 456. The van der Waals surface area contributed by atoms with Crippen LogP contribution in [-0.4, -0.2) is 18.2 Å². The number of nitrogens with two attached hydrogens (primary N) is 1. The van der Waals surface area contributed by atoms with Gasteiger partial charge in [0.1, 0.15) is 0 Å². The van der Waals surface area contributed by atoms with Gasteiger partial charge in [-0.25, -0.2) is 0 Å². The fourth-order valence-electron chi connectivity index (χ4n) is 3.92. The van der Waals surface area contributed by atoms with E-state index in [1.165, 1.54) is 44.1 Å². The summed E-state index contributed by atoms with van der Waals surface area (Å²) in [7, 11) is 0. The summed E-state index contributed by atoms with van der Waals surface area (Å²) in [4.78, 5) is 0. The van der Waals surface area contributed by atoms with E-state index in [1.54, 1.807) is 0 Å². The average Bonchev–Trinajstić information content (AvgIpc) is 3.08. The van der Waals surface area contributed by atoms with E-state index in [0.717, 1.165) is 11.4 Å². The minimum atomic E-state index is 0.213. The fraction of sp³-hybridized carbons (Fsp3) is 0.647. The van der Waals surface area contributed by atoms with E-state index in [0.29, 0.717) is 18.6 Å². The van der Waals surface area contributed by atoms with E-state index in [4.69, 9.17) is 22.1 Å². The van der Waals surface area contributed by atoms with Crippen molar-refractivity contribution < 1.29 is 4.74 Å². The highest BCUT2D eigenvalue weighted by Crippen LogP contribution is 2.45. The van der Waals surface area contributed by atoms with Crippen LogP contribution in [0.15, 0.2) is 24.3 Å². The van der Waals surface area contributed by atoms with Crippen LogP contribution in [-0.2, 0) is 4.74 Å². The van der Waals surface area contributed by atoms with Gasteiger partial charge in [0.25, 0.3) is 0 Å². The van der Waals surface area contributed by atoms with Crippen molar-refractivity contribution in [2.24, 2.45) is 5.73 Å². The molecule has 0 radical (unpaired) electrons. The normalized spacial score (nSPS) is 26.2. The smallest absolute Gasteiger partial charge is 0.0687 e. The first-order chi connectivity index (χ1) is 9.72. The first-order valence-corrected chi connectivity index (χ1v) is 8.22. The lowest BCUT2D eigenvalue weighted by Crippen LogP contribution is -2.26. The lowest BCUT2D eigenvalue weighted by Gasteiger charge is -2.26. The summed E-state index contributed by atoms with van der Waals surface area (Å²) in [6, 6.07) is 8.06. The van der Waals surface area contributed by atoms with Gasteiger partial charge in [0.15, 0.2) is 0 Å². The molecule has 1 aromatic rings. The van der Waals surface area contributed by atoms with Gasteiger partial charge in [0.2, 0.25) is 0 Å². The zero-order valence-corrected chi connectivity index (χ0v) is 12.7. The van der Waals surface area contributed by atoms with Crippen LogP contribution in [0.5, 0.6) is 0 Å². The third kappa shape index (κ3) is 2.88. The summed E-state index contributed by atoms with van der Waals surface area (Å²) >= 11 is 6.31. The van der Waals surface area contributed by atoms with Gasteiger partial charge < -0.3 is 10.5 Å². The van der Waals surface area contributed by atoms with Crippen molar-refractivity contribution in [1.29, 1.82) is 0 Å². The van der Waals surface area contributed by atoms with Crippen LogP contribution in [0.2, 0.25) is 5.02 Å². The molecule has 110 valence electrons. The lowest BCUT2D eigenvalue weighted by molar-refractivity contribution is -0.0408. The Morgan fingerprint density at radius 3 is 2.70 bits per heavy atom. The van der Waals surface area contributed by atoms with E-state index in [9.17, 15) is 0 Å². The Hall–Kier alpha value is -0.570. The Morgan fingerprint density at radius 1 is 1.25 bits per heavy atom. The molecule has 1 aliphatic carbocycles. The Morgan fingerprint density at radius 2 is 2.00 bits per heavy atom. The molecular formula is C17H24ClNO. The molecule has 0 amide bonds. The molecule has 3 rings (SSSR count). The molecule has 1 aliphatic heterocycles. The molecular weight excluding hydrogens is 270 g/mol. The predicted octanol–water partition coefficient (Wildman–Crippen LogP) is 4.26. The van der Waals surface area contributed by atoms with Crippen LogP contribution < -0.4 is 5.73 Å². The standard InChI is InChI=1S/C17H24ClNO/c18-16-6-2-1-5-15(16)13(12-19)11-14-7-10-17(20-14)8-3-4-9-17/h1-2,5-6,13-14H,3-4,7-12,19H2. The molecule has 1 spiro atoms. The predicted molar refractivity (Wildman–Crippen MR) is 83.2 cm³/mol. The highest BCUT2D eigenvalue weighted by atomic mass is 35.5. The summed E-state index contributed by atoms with van der Waals surface area (Å²) in [6.07, 6.45) is 8.94. The molecule has 2 aliphatic rings. The molecule has 2 N–H and O–H groups in total. The maximum absolute atomic E-state index is 6.40. The maximum Gasteiger partial charge on any atom is 0.0687 e. The minimum absolute atomic E-state index is 0.213. The number of hydrogen-bond acceptors (Lipinski definition) is 2. The average molecular weight is 294 g/mol. The third-order valence-electron chi connectivity index (χ3n) is 5.03. The number of ether oxygens (including phenoxy) is 1. The van der Waals surface area contributed by atoms with Crippen molar-refractivity contribution in [3.63, 3.8) is 0 Å². The molecule has 1 aromatic carbocycles. The Balaban J connectivity index is 1.66. The van der Waals surface area contributed by atoms with Gasteiger partial charge in [-0.2, -0.15) is 0 Å². The third-order valence-corrected chi connectivity index (χ3v) is 5.37. The van der Waals surface area contributed by atoms with E-state index in [-0.39, 0.29) is 5.60 Å². The van der Waals surface area contributed by atoms with E-state index < -0.39 is 0 Å². The molecule has 0 aromatic heterocycles. The second-order valence-electron chi connectivity index (χ2n) is 6.36. The molecule has 20 heavy (non-hydrogen) atoms. The van der Waals surface area contributed by atoms with Gasteiger partial charge in [-0.1, -0.05) is 42.6 Å². The topological polar surface area (TPSA) is 35.2 Å². The first-order valence-electron chi connectivity index (χ1n) is 7.85. The molecule has 0 bridgehead atoms. The highest BCUT2D eigenvalue weighted by molar-refractivity contribution is 6.31. The van der Waals surface area contributed by atoms with Crippen LogP contribution in [0.25, 0.3) is 0 Å². The van der Waals surface area contributed by atoms with Gasteiger partial charge in [-0.3, -0.25) is 0 Å². The minimum Gasteiger partial charge on any atom is -0.372 e. The molecule has 1 heterocycles. The van der Waals surface area contributed by atoms with Gasteiger partial charge >= 0.3 is 0 Å². The summed E-state index contributed by atoms with van der Waals surface area (Å²) < 4.78 is 6.40. The van der Waals surface area contributed by atoms with Crippen LogP contribution in [0, 0.1) is 0 Å². The van der Waals surface area contributed by atoms with Crippen molar-refractivity contribution in [2.45, 2.75) is 62.6 Å². The van der Waals surface area contributed by atoms with E-state index >= 15 is 0 Å². The Kier molecular flexibility index (Phi) is 4.34. The number of hydrogen-bond donors (Lipinski definition) is 1. The molecule has 2 fully saturated rings. The van der Waals surface area contributed by atoms with Crippen molar-refractivity contribution in [3.05, 3.63) is 34.9 Å². The van der Waals surface area contributed by atoms with Gasteiger partial charge in [-0.15, -0.1) is 0 Å². The molecule has 2 atom stereocenters. The molecule has 1 saturated carbocycles. The fourth-order valence-corrected chi connectivity index (χ4v) is 4.21. The van der Waals surface area contributed by atoms with Gasteiger partial charge in [0.05, 0.1) is 11.7 Å². The zero-order chi connectivity index (χ0) is 14.0. The van der Waals surface area contributed by atoms with Gasteiger partial charge in [0, 0.05) is 10.9 Å². The molecule has 2 unspecified atom stereocenters. The lowest BCUT2D eigenvalue weighted by atomic mass is 9.91. The number of halogens is 1. The maximum atomic E-state index is 6.40. The largest absolute Gasteiger partial charge is 0.372 e. The highest BCUT2D eigenvalue weighted by Gasteiger charge is 2.42. The summed E-state index contributed by atoms with van der Waals surface area (Å²) in [6.45, 7) is 0.636. The van der Waals surface area contributed by atoms with E-state index in [2.05, 4.69) is 6.07 Å². The van der Waals surface area contributed by atoms with Crippen molar-refractivity contribution in [2.75, 3.05) is 6.54 Å². The van der Waals surface area contributed by atoms with Crippen LogP contribution in [0.1, 0.15) is 56.4 Å². The monoisotopic (exact) mass is 293 g/mol. The number of benzene rings is 1. The summed E-state index contributed by atoms with van der Waals surface area (Å²) in [5.41, 5.74) is 7.37. The molecule has 2 nitrogen and oxygen atoms in total. The van der Waals surface area contributed by atoms with Crippen molar-refractivity contribution in [3.8, 4) is 0 Å². The second-order valence-corrected chi connectivity index (χ2v) is 6.77. The van der Waals surface area contributed by atoms with Crippen LogP contribution in [0.3, 0.4) is 0 Å². The van der Waals surface area contributed by atoms with Crippen molar-refractivity contribution in [1.82, 2.24) is 0 Å². The first kappa shape index (κ1) is 14.4. The number of rotatable bonds is 4. The summed E-state index contributed by atoms with van der Waals surface area (Å²) in [5, 5.41) is 0.830. The van der Waals surface area contributed by atoms with Gasteiger partial charge in [-0.05, 0) is 50.3 Å². The second kappa shape index (κ2) is 6.05. The van der Waals surface area contributed by atoms with Crippen LogP contribution >= 0.6 is 11.6 Å². The molecule has 1 saturated heterocycles. The molecule has 3 heteroatoms. The van der Waals surface area contributed by atoms with Crippen molar-refractivity contribution >= 4 is 11.6 Å². The Labute approximate surface area is 126 Å². The quantitative estimate of drug-likeness (QED) is 0.900. The SMILES string of the molecule is NCC(CC1CCC2(CCCC2)O1)c1ccccc1Cl. The zero-order valence-electron chi connectivity index (χ0n) is 12.0.